The monoisotopic (exact) mass is 375 g/mol. The third-order valence-electron chi connectivity index (χ3n) is 6.18. The van der Waals surface area contributed by atoms with E-state index in [9.17, 15) is 0 Å². The molecule has 1 aliphatic heterocycles. The number of hydrogen-bond acceptors (Lipinski definition) is 1. The van der Waals surface area contributed by atoms with Crippen molar-refractivity contribution in [3.63, 3.8) is 0 Å². The molecule has 1 aromatic heterocycles. The predicted octanol–water partition coefficient (Wildman–Crippen LogP) is 1.84. The topological polar surface area (TPSA) is 16.8 Å². The van der Waals surface area contributed by atoms with Crippen molar-refractivity contribution in [2.24, 2.45) is 7.05 Å². The zero-order valence-electron chi connectivity index (χ0n) is 16.6. The molecule has 4 rings (SSSR count). The van der Waals surface area contributed by atoms with Gasteiger partial charge in [0.1, 0.15) is 28.0 Å². The third-order valence-corrected chi connectivity index (χ3v) is 13.8. The SMILES string of the molecule is Cc1ccc2c(c1-c1ccnc[n+]1C)[Si](C)(C)c1ccccc1[Si]2(C)C. The Morgan fingerprint density at radius 2 is 1.46 bits per heavy atom. The van der Waals surface area contributed by atoms with Crippen molar-refractivity contribution in [3.8, 4) is 11.3 Å². The minimum absolute atomic E-state index is 1.28. The van der Waals surface area contributed by atoms with Gasteiger partial charge in [-0.05, 0) is 17.7 Å². The lowest BCUT2D eigenvalue weighted by Crippen LogP contribution is -2.78. The first kappa shape index (κ1) is 17.4. The Balaban J connectivity index is 2.15. The molecule has 26 heavy (non-hydrogen) atoms. The standard InChI is InChI=1S/C22H27N2Si2/c1-16-11-12-20-22(21(16)17-13-14-23-15-24(17)2)26(5,6)19-10-8-7-9-18(19)25(20,3)4/h7-15H,1-6H3/q+1. The van der Waals surface area contributed by atoms with E-state index in [0.717, 1.165) is 0 Å². The molecule has 3 aromatic rings. The van der Waals surface area contributed by atoms with Crippen LogP contribution in [-0.4, -0.2) is 21.1 Å². The van der Waals surface area contributed by atoms with Gasteiger partial charge in [0.15, 0.2) is 0 Å². The van der Waals surface area contributed by atoms with Crippen LogP contribution < -0.4 is 25.3 Å². The number of aromatic nitrogens is 2. The summed E-state index contributed by atoms with van der Waals surface area (Å²) in [5, 5.41) is 6.55. The Bertz CT molecular complexity index is 1020. The highest BCUT2D eigenvalue weighted by Gasteiger charge is 2.45. The van der Waals surface area contributed by atoms with Gasteiger partial charge in [0.2, 0.25) is 0 Å². The molecular formula is C22H27N2Si2+. The fourth-order valence-corrected chi connectivity index (χ4v) is 14.6. The van der Waals surface area contributed by atoms with Crippen LogP contribution in [0.2, 0.25) is 26.2 Å². The highest BCUT2D eigenvalue weighted by atomic mass is 28.3. The summed E-state index contributed by atoms with van der Waals surface area (Å²) in [4.78, 5) is 4.30. The maximum absolute atomic E-state index is 4.30. The van der Waals surface area contributed by atoms with E-state index in [1.807, 2.05) is 12.5 Å². The molecule has 0 N–H and O–H groups in total. The lowest BCUT2D eigenvalue weighted by atomic mass is 10.0. The van der Waals surface area contributed by atoms with Gasteiger partial charge in [0.05, 0.1) is 7.05 Å². The molecule has 2 aromatic carbocycles. The number of nitrogens with zero attached hydrogens (tertiary/aromatic N) is 2. The second kappa shape index (κ2) is 5.73. The number of hydrogen-bond donors (Lipinski definition) is 0. The molecule has 0 atom stereocenters. The molecule has 2 heterocycles. The van der Waals surface area contributed by atoms with Crippen molar-refractivity contribution in [2.75, 3.05) is 0 Å². The number of rotatable bonds is 1. The summed E-state index contributed by atoms with van der Waals surface area (Å²) in [6.07, 6.45) is 3.84. The van der Waals surface area contributed by atoms with Gasteiger partial charge >= 0.3 is 0 Å². The fourth-order valence-electron chi connectivity index (χ4n) is 4.75. The van der Waals surface area contributed by atoms with E-state index >= 15 is 0 Å². The van der Waals surface area contributed by atoms with E-state index in [4.69, 9.17) is 0 Å². The summed E-state index contributed by atoms with van der Waals surface area (Å²) in [6.45, 7) is 12.3. The van der Waals surface area contributed by atoms with Crippen LogP contribution in [0, 0.1) is 6.92 Å². The quantitative estimate of drug-likeness (QED) is 0.468. The third kappa shape index (κ3) is 2.28. The Morgan fingerprint density at radius 3 is 2.12 bits per heavy atom. The molecule has 0 aliphatic carbocycles. The minimum Gasteiger partial charge on any atom is -0.233 e. The maximum atomic E-state index is 4.30. The van der Waals surface area contributed by atoms with Gasteiger partial charge in [0.25, 0.3) is 6.33 Å². The Labute approximate surface area is 158 Å². The molecule has 2 nitrogen and oxygen atoms in total. The van der Waals surface area contributed by atoms with Gasteiger partial charge in [-0.1, -0.05) is 83.1 Å². The van der Waals surface area contributed by atoms with E-state index in [2.05, 4.69) is 92.2 Å². The number of benzene rings is 2. The van der Waals surface area contributed by atoms with Gasteiger partial charge in [0, 0.05) is 11.6 Å². The van der Waals surface area contributed by atoms with Gasteiger partial charge in [-0.15, -0.1) is 0 Å². The zero-order valence-corrected chi connectivity index (χ0v) is 18.6. The van der Waals surface area contributed by atoms with Crippen molar-refractivity contribution < 1.29 is 4.57 Å². The van der Waals surface area contributed by atoms with Crippen LogP contribution in [0.15, 0.2) is 55.0 Å². The van der Waals surface area contributed by atoms with Gasteiger partial charge in [-0.3, -0.25) is 0 Å². The molecule has 0 radical (unpaired) electrons. The molecule has 132 valence electrons. The molecule has 0 fully saturated rings. The van der Waals surface area contributed by atoms with Crippen LogP contribution in [0.3, 0.4) is 0 Å². The lowest BCUT2D eigenvalue weighted by Gasteiger charge is -2.43. The van der Waals surface area contributed by atoms with Crippen LogP contribution in [0.4, 0.5) is 0 Å². The summed E-state index contributed by atoms with van der Waals surface area (Å²) < 4.78 is 2.17. The summed E-state index contributed by atoms with van der Waals surface area (Å²) >= 11 is 0. The van der Waals surface area contributed by atoms with Gasteiger partial charge < -0.3 is 0 Å². The molecule has 4 heteroatoms. The first-order valence-electron chi connectivity index (χ1n) is 9.31. The molecule has 0 saturated carbocycles. The molecular weight excluding hydrogens is 348 g/mol. The molecule has 0 spiro atoms. The number of fused-ring (bicyclic) bond motifs is 2. The summed E-state index contributed by atoms with van der Waals surface area (Å²) in [5.74, 6) is 0. The van der Waals surface area contributed by atoms with Gasteiger partial charge in [-0.2, -0.15) is 0 Å². The van der Waals surface area contributed by atoms with Crippen LogP contribution in [0.5, 0.6) is 0 Å². The van der Waals surface area contributed by atoms with E-state index in [1.165, 1.54) is 16.8 Å². The van der Waals surface area contributed by atoms with Crippen LogP contribution >= 0.6 is 0 Å². The maximum Gasteiger partial charge on any atom is 0.286 e. The Hall–Kier alpha value is -2.05. The second-order valence-electron chi connectivity index (χ2n) is 8.55. The van der Waals surface area contributed by atoms with E-state index in [-0.39, 0.29) is 0 Å². The molecule has 0 saturated heterocycles. The van der Waals surface area contributed by atoms with E-state index < -0.39 is 16.1 Å². The predicted molar refractivity (Wildman–Crippen MR) is 116 cm³/mol. The Kier molecular flexibility index (Phi) is 3.83. The summed E-state index contributed by atoms with van der Waals surface area (Å²) in [5.41, 5.74) is 4.09. The molecule has 0 bridgehead atoms. The number of aryl methyl sites for hydroxylation is 2. The van der Waals surface area contributed by atoms with Crippen LogP contribution in [0.1, 0.15) is 5.56 Å². The van der Waals surface area contributed by atoms with E-state index in [1.54, 1.807) is 20.7 Å². The lowest BCUT2D eigenvalue weighted by molar-refractivity contribution is -0.663. The van der Waals surface area contributed by atoms with Crippen LogP contribution in [-0.2, 0) is 7.05 Å². The molecule has 1 aliphatic rings. The smallest absolute Gasteiger partial charge is 0.233 e. The average Bonchev–Trinajstić information content (AvgIpc) is 2.61. The first-order valence-corrected chi connectivity index (χ1v) is 15.3. The van der Waals surface area contributed by atoms with Crippen molar-refractivity contribution >= 4 is 36.9 Å². The zero-order chi connectivity index (χ0) is 18.7. The van der Waals surface area contributed by atoms with Crippen molar-refractivity contribution in [1.82, 2.24) is 4.98 Å². The largest absolute Gasteiger partial charge is 0.286 e. The summed E-state index contributed by atoms with van der Waals surface area (Å²) in [6, 6.07) is 16.2. The minimum atomic E-state index is -1.80. The van der Waals surface area contributed by atoms with Crippen LogP contribution in [0.25, 0.3) is 11.3 Å². The van der Waals surface area contributed by atoms with Gasteiger partial charge in [-0.25, -0.2) is 4.57 Å². The Morgan fingerprint density at radius 1 is 0.808 bits per heavy atom. The van der Waals surface area contributed by atoms with E-state index in [0.29, 0.717) is 0 Å². The highest BCUT2D eigenvalue weighted by Crippen LogP contribution is 2.24. The van der Waals surface area contributed by atoms with Crippen molar-refractivity contribution in [2.45, 2.75) is 33.1 Å². The normalized spacial score (nSPS) is 16.7. The average molecular weight is 376 g/mol. The van der Waals surface area contributed by atoms with Crippen molar-refractivity contribution in [1.29, 1.82) is 0 Å². The van der Waals surface area contributed by atoms with Crippen molar-refractivity contribution in [3.05, 3.63) is 60.6 Å². The molecule has 0 unspecified atom stereocenters. The molecule has 0 amide bonds. The fraction of sp³-hybridized carbons (Fsp3) is 0.273. The first-order chi connectivity index (χ1) is 12.3. The second-order valence-corrected chi connectivity index (χ2v) is 17.2. The summed E-state index contributed by atoms with van der Waals surface area (Å²) in [7, 11) is -1.41. The highest BCUT2D eigenvalue weighted by molar-refractivity contribution is 7.16.